The van der Waals surface area contributed by atoms with Gasteiger partial charge in [0.05, 0.1) is 34.0 Å². The second-order valence-electron chi connectivity index (χ2n) is 7.04. The Kier molecular flexibility index (Phi) is 6.86. The molecule has 3 rings (SSSR count). The Morgan fingerprint density at radius 3 is 2.28 bits per heavy atom. The topological polar surface area (TPSA) is 102 Å². The Bertz CT molecular complexity index is 1290. The van der Waals surface area contributed by atoms with Crippen LogP contribution in [0, 0.1) is 13.8 Å². The van der Waals surface area contributed by atoms with Crippen molar-refractivity contribution in [2.75, 3.05) is 17.1 Å². The Balaban J connectivity index is 1.88. The highest BCUT2D eigenvalue weighted by Crippen LogP contribution is 2.27. The largest absolute Gasteiger partial charge is 0.465 e. The number of carbonyl (C=O) groups is 2. The van der Waals surface area contributed by atoms with Crippen molar-refractivity contribution in [2.24, 2.45) is 0 Å². The summed E-state index contributed by atoms with van der Waals surface area (Å²) in [4.78, 5) is 24.8. The van der Waals surface area contributed by atoms with Gasteiger partial charge >= 0.3 is 5.97 Å². The van der Waals surface area contributed by atoms with Crippen LogP contribution in [0.25, 0.3) is 0 Å². The molecule has 0 saturated carbocycles. The lowest BCUT2D eigenvalue weighted by molar-refractivity contribution is 0.0600. The van der Waals surface area contributed by atoms with Crippen molar-refractivity contribution in [3.8, 4) is 0 Å². The van der Waals surface area contributed by atoms with Crippen LogP contribution in [0.4, 0.5) is 11.4 Å². The summed E-state index contributed by atoms with van der Waals surface area (Å²) in [5.74, 6) is -1.08. The number of esters is 1. The first-order valence-corrected chi connectivity index (χ1v) is 11.4. The standard InChI is InChI=1S/C23H21ClN2O5S/c1-14-7-10-17(11-8-14)32(29,30)26-20-6-4-5-18(15(20)2)22(27)25-21-13-16(23(28)31-3)9-12-19(21)24/h4-13,26H,1-3H3,(H,25,27). The molecule has 0 unspecified atom stereocenters. The first-order valence-electron chi connectivity index (χ1n) is 9.50. The minimum absolute atomic E-state index is 0.115. The molecule has 0 aliphatic heterocycles. The predicted octanol–water partition coefficient (Wildman–Crippen LogP) is 4.80. The molecule has 1 amide bonds. The maximum absolute atomic E-state index is 12.9. The number of amides is 1. The summed E-state index contributed by atoms with van der Waals surface area (Å²) < 4.78 is 32.7. The number of sulfonamides is 1. The van der Waals surface area contributed by atoms with E-state index in [-0.39, 0.29) is 32.4 Å². The summed E-state index contributed by atoms with van der Waals surface area (Å²) in [7, 11) is -2.58. The van der Waals surface area contributed by atoms with Crippen LogP contribution in [0.3, 0.4) is 0 Å². The Labute approximate surface area is 191 Å². The number of ether oxygens (including phenoxy) is 1. The Morgan fingerprint density at radius 2 is 1.62 bits per heavy atom. The number of hydrogen-bond donors (Lipinski definition) is 2. The number of aryl methyl sites for hydroxylation is 1. The second kappa shape index (κ2) is 9.42. The van der Waals surface area contributed by atoms with E-state index in [1.807, 2.05) is 6.92 Å². The predicted molar refractivity (Wildman–Crippen MR) is 124 cm³/mol. The van der Waals surface area contributed by atoms with Crippen LogP contribution in [-0.4, -0.2) is 27.4 Å². The van der Waals surface area contributed by atoms with Gasteiger partial charge < -0.3 is 10.1 Å². The van der Waals surface area contributed by atoms with Crippen molar-refractivity contribution in [3.63, 3.8) is 0 Å². The number of anilines is 2. The summed E-state index contributed by atoms with van der Waals surface area (Å²) in [6.45, 7) is 3.50. The number of nitrogens with one attached hydrogen (secondary N) is 2. The zero-order chi connectivity index (χ0) is 23.5. The van der Waals surface area contributed by atoms with Crippen molar-refractivity contribution in [2.45, 2.75) is 18.7 Å². The van der Waals surface area contributed by atoms with E-state index in [1.54, 1.807) is 37.3 Å². The minimum Gasteiger partial charge on any atom is -0.465 e. The van der Waals surface area contributed by atoms with E-state index in [0.717, 1.165) is 5.56 Å². The molecular weight excluding hydrogens is 452 g/mol. The van der Waals surface area contributed by atoms with E-state index in [9.17, 15) is 18.0 Å². The molecule has 0 spiro atoms. The second-order valence-corrected chi connectivity index (χ2v) is 9.13. The van der Waals surface area contributed by atoms with E-state index in [1.165, 1.54) is 37.4 Å². The highest BCUT2D eigenvalue weighted by atomic mass is 35.5. The van der Waals surface area contributed by atoms with Crippen molar-refractivity contribution in [3.05, 3.63) is 87.9 Å². The van der Waals surface area contributed by atoms with Gasteiger partial charge in [-0.2, -0.15) is 0 Å². The number of hydrogen-bond acceptors (Lipinski definition) is 5. The van der Waals surface area contributed by atoms with Crippen LogP contribution in [0.1, 0.15) is 31.8 Å². The smallest absolute Gasteiger partial charge is 0.337 e. The lowest BCUT2D eigenvalue weighted by Gasteiger charge is -2.15. The summed E-state index contributed by atoms with van der Waals surface area (Å²) in [5.41, 5.74) is 2.34. The third kappa shape index (κ3) is 5.09. The molecule has 0 bridgehead atoms. The number of methoxy groups -OCH3 is 1. The van der Waals surface area contributed by atoms with Crippen LogP contribution in [0.5, 0.6) is 0 Å². The van der Waals surface area contributed by atoms with Crippen molar-refractivity contribution >= 4 is 44.9 Å². The van der Waals surface area contributed by atoms with E-state index < -0.39 is 21.9 Å². The third-order valence-corrected chi connectivity index (χ3v) is 6.50. The quantitative estimate of drug-likeness (QED) is 0.502. The molecule has 0 heterocycles. The minimum atomic E-state index is -3.83. The third-order valence-electron chi connectivity index (χ3n) is 4.79. The summed E-state index contributed by atoms with van der Waals surface area (Å²) in [6.07, 6.45) is 0. The van der Waals surface area contributed by atoms with Gasteiger partial charge in [-0.1, -0.05) is 35.4 Å². The van der Waals surface area contributed by atoms with Gasteiger partial charge in [0, 0.05) is 5.56 Å². The van der Waals surface area contributed by atoms with Crippen molar-refractivity contribution in [1.29, 1.82) is 0 Å². The molecule has 3 aromatic rings. The van der Waals surface area contributed by atoms with E-state index in [0.29, 0.717) is 5.56 Å². The van der Waals surface area contributed by atoms with Gasteiger partial charge in [0.15, 0.2) is 0 Å². The van der Waals surface area contributed by atoms with E-state index >= 15 is 0 Å². The number of carbonyl (C=O) groups excluding carboxylic acids is 2. The van der Waals surface area contributed by atoms with Gasteiger partial charge in [0.2, 0.25) is 0 Å². The maximum Gasteiger partial charge on any atom is 0.337 e. The lowest BCUT2D eigenvalue weighted by atomic mass is 10.1. The number of rotatable bonds is 6. The van der Waals surface area contributed by atoms with Crippen molar-refractivity contribution in [1.82, 2.24) is 0 Å². The maximum atomic E-state index is 12.9. The summed E-state index contributed by atoms with van der Waals surface area (Å²) >= 11 is 6.15. The van der Waals surface area contributed by atoms with Crippen LogP contribution in [0.15, 0.2) is 65.6 Å². The van der Waals surface area contributed by atoms with Gasteiger partial charge in [0.25, 0.3) is 15.9 Å². The Hall–Kier alpha value is -3.36. The van der Waals surface area contributed by atoms with Crippen LogP contribution in [0.2, 0.25) is 5.02 Å². The molecular formula is C23H21ClN2O5S. The lowest BCUT2D eigenvalue weighted by Crippen LogP contribution is -2.17. The fourth-order valence-electron chi connectivity index (χ4n) is 2.97. The molecule has 166 valence electrons. The average Bonchev–Trinajstić information content (AvgIpc) is 2.76. The van der Waals surface area contributed by atoms with Gasteiger partial charge in [-0.05, 0) is 61.9 Å². The van der Waals surface area contributed by atoms with Gasteiger partial charge in [0.1, 0.15) is 0 Å². The van der Waals surface area contributed by atoms with Crippen LogP contribution in [-0.2, 0) is 14.8 Å². The average molecular weight is 473 g/mol. The fourth-order valence-corrected chi connectivity index (χ4v) is 4.26. The monoisotopic (exact) mass is 472 g/mol. The molecule has 32 heavy (non-hydrogen) atoms. The summed E-state index contributed by atoms with van der Waals surface area (Å²) in [6, 6.07) is 15.5. The first kappa shape index (κ1) is 23.3. The molecule has 0 aromatic heterocycles. The number of halogens is 1. The zero-order valence-electron chi connectivity index (χ0n) is 17.6. The molecule has 0 atom stereocenters. The molecule has 0 saturated heterocycles. The molecule has 0 fully saturated rings. The molecule has 3 aromatic carbocycles. The van der Waals surface area contributed by atoms with Crippen LogP contribution < -0.4 is 10.0 Å². The van der Waals surface area contributed by atoms with E-state index in [2.05, 4.69) is 14.8 Å². The normalized spacial score (nSPS) is 11.0. The Morgan fingerprint density at radius 1 is 0.938 bits per heavy atom. The van der Waals surface area contributed by atoms with Gasteiger partial charge in [-0.3, -0.25) is 9.52 Å². The summed E-state index contributed by atoms with van der Waals surface area (Å²) in [5, 5.41) is 2.89. The van der Waals surface area contributed by atoms with Gasteiger partial charge in [-0.25, -0.2) is 13.2 Å². The van der Waals surface area contributed by atoms with Gasteiger partial charge in [-0.15, -0.1) is 0 Å². The highest BCUT2D eigenvalue weighted by molar-refractivity contribution is 7.92. The molecule has 7 nitrogen and oxygen atoms in total. The highest BCUT2D eigenvalue weighted by Gasteiger charge is 2.19. The fraction of sp³-hybridized carbons (Fsp3) is 0.130. The SMILES string of the molecule is COC(=O)c1ccc(Cl)c(NC(=O)c2cccc(NS(=O)(=O)c3ccc(C)cc3)c2C)c1. The van der Waals surface area contributed by atoms with Crippen LogP contribution >= 0.6 is 11.6 Å². The molecule has 0 aliphatic carbocycles. The molecule has 0 radical (unpaired) electrons. The van der Waals surface area contributed by atoms with E-state index in [4.69, 9.17) is 11.6 Å². The molecule has 0 aliphatic rings. The molecule has 9 heteroatoms. The first-order chi connectivity index (χ1) is 15.1. The molecule has 2 N–H and O–H groups in total. The number of benzene rings is 3. The zero-order valence-corrected chi connectivity index (χ0v) is 19.2. The van der Waals surface area contributed by atoms with Crippen molar-refractivity contribution < 1.29 is 22.7 Å².